The Labute approximate surface area is 157 Å². The zero-order valence-electron chi connectivity index (χ0n) is 14.9. The van der Waals surface area contributed by atoms with Crippen molar-refractivity contribution in [3.05, 3.63) is 71.8 Å². The molecule has 7 nitrogen and oxygen atoms in total. The summed E-state index contributed by atoms with van der Waals surface area (Å²) in [6.07, 6.45) is -0.810. The summed E-state index contributed by atoms with van der Waals surface area (Å²) in [4.78, 5) is 23.0. The second kappa shape index (κ2) is 11.7. The lowest BCUT2D eigenvalue weighted by molar-refractivity contribution is -0.141. The lowest BCUT2D eigenvalue weighted by atomic mass is 10.2. The van der Waals surface area contributed by atoms with Crippen LogP contribution in [0.2, 0.25) is 0 Å². The van der Waals surface area contributed by atoms with Crippen molar-refractivity contribution in [2.45, 2.75) is 19.3 Å². The minimum Gasteiger partial charge on any atom is -0.480 e. The topological polar surface area (TPSA) is 94.1 Å². The molecule has 0 aromatic heterocycles. The zero-order valence-corrected chi connectivity index (χ0v) is 14.9. The fraction of sp³-hybridized carbons (Fsp3) is 0.300. The molecular weight excluding hydrogens is 350 g/mol. The van der Waals surface area contributed by atoms with Crippen LogP contribution >= 0.6 is 0 Å². The SMILES string of the molecule is O=C(N[C@@H](COCCOCc1ccccc1)C(=O)O)OCc1ccccc1. The predicted molar refractivity (Wildman–Crippen MR) is 98.1 cm³/mol. The van der Waals surface area contributed by atoms with Gasteiger partial charge in [0, 0.05) is 0 Å². The number of amides is 1. The first-order valence-electron chi connectivity index (χ1n) is 8.54. The third-order valence-corrected chi connectivity index (χ3v) is 3.57. The molecule has 2 N–H and O–H groups in total. The Morgan fingerprint density at radius 3 is 2.00 bits per heavy atom. The molecule has 0 saturated carbocycles. The zero-order chi connectivity index (χ0) is 19.3. The van der Waals surface area contributed by atoms with Gasteiger partial charge in [-0.05, 0) is 11.1 Å². The average molecular weight is 373 g/mol. The number of hydrogen-bond donors (Lipinski definition) is 2. The molecule has 0 aliphatic carbocycles. The molecule has 144 valence electrons. The molecule has 0 radical (unpaired) electrons. The lowest BCUT2D eigenvalue weighted by Crippen LogP contribution is -2.44. The van der Waals surface area contributed by atoms with Crippen molar-refractivity contribution < 1.29 is 28.9 Å². The summed E-state index contributed by atoms with van der Waals surface area (Å²) < 4.78 is 15.7. The van der Waals surface area contributed by atoms with E-state index in [1.54, 1.807) is 12.1 Å². The van der Waals surface area contributed by atoms with Gasteiger partial charge in [-0.3, -0.25) is 0 Å². The van der Waals surface area contributed by atoms with E-state index in [0.717, 1.165) is 11.1 Å². The van der Waals surface area contributed by atoms with Crippen molar-refractivity contribution in [3.8, 4) is 0 Å². The Morgan fingerprint density at radius 1 is 0.852 bits per heavy atom. The molecular formula is C20H23NO6. The van der Waals surface area contributed by atoms with Crippen LogP contribution < -0.4 is 5.32 Å². The highest BCUT2D eigenvalue weighted by Crippen LogP contribution is 2.02. The van der Waals surface area contributed by atoms with Gasteiger partial charge in [-0.2, -0.15) is 0 Å². The number of hydrogen-bond acceptors (Lipinski definition) is 5. The highest BCUT2D eigenvalue weighted by molar-refractivity contribution is 5.80. The highest BCUT2D eigenvalue weighted by Gasteiger charge is 2.20. The van der Waals surface area contributed by atoms with Crippen molar-refractivity contribution in [3.63, 3.8) is 0 Å². The number of carboxylic acids is 1. The van der Waals surface area contributed by atoms with Gasteiger partial charge in [0.05, 0.1) is 26.4 Å². The Kier molecular flexibility index (Phi) is 8.82. The van der Waals surface area contributed by atoms with Crippen LogP contribution in [0.25, 0.3) is 0 Å². The van der Waals surface area contributed by atoms with E-state index in [2.05, 4.69) is 5.32 Å². The van der Waals surface area contributed by atoms with E-state index in [4.69, 9.17) is 14.2 Å². The maximum Gasteiger partial charge on any atom is 0.408 e. The van der Waals surface area contributed by atoms with E-state index in [0.29, 0.717) is 13.2 Å². The molecule has 27 heavy (non-hydrogen) atoms. The van der Waals surface area contributed by atoms with E-state index >= 15 is 0 Å². The molecule has 0 bridgehead atoms. The summed E-state index contributed by atoms with van der Waals surface area (Å²) in [5, 5.41) is 11.5. The van der Waals surface area contributed by atoms with Crippen LogP contribution in [0.15, 0.2) is 60.7 Å². The lowest BCUT2D eigenvalue weighted by Gasteiger charge is -2.15. The van der Waals surface area contributed by atoms with Crippen LogP contribution in [0.1, 0.15) is 11.1 Å². The number of aliphatic carboxylic acids is 1. The third-order valence-electron chi connectivity index (χ3n) is 3.57. The van der Waals surface area contributed by atoms with Crippen LogP contribution in [0.5, 0.6) is 0 Å². The summed E-state index contributed by atoms with van der Waals surface area (Å²) in [5.74, 6) is -1.20. The van der Waals surface area contributed by atoms with Gasteiger partial charge in [-0.25, -0.2) is 9.59 Å². The summed E-state index contributed by atoms with van der Waals surface area (Å²) >= 11 is 0. The van der Waals surface area contributed by atoms with Crippen LogP contribution in [-0.2, 0) is 32.2 Å². The Morgan fingerprint density at radius 2 is 1.41 bits per heavy atom. The van der Waals surface area contributed by atoms with Crippen molar-refractivity contribution in [1.29, 1.82) is 0 Å². The van der Waals surface area contributed by atoms with Crippen molar-refractivity contribution in [2.24, 2.45) is 0 Å². The van der Waals surface area contributed by atoms with Gasteiger partial charge in [-0.1, -0.05) is 60.7 Å². The molecule has 2 aromatic rings. The normalized spacial score (nSPS) is 11.6. The monoisotopic (exact) mass is 373 g/mol. The van der Waals surface area contributed by atoms with E-state index in [-0.39, 0.29) is 19.8 Å². The molecule has 2 aromatic carbocycles. The third kappa shape index (κ3) is 8.35. The van der Waals surface area contributed by atoms with Gasteiger partial charge in [0.1, 0.15) is 6.61 Å². The average Bonchev–Trinajstić information content (AvgIpc) is 2.69. The fourth-order valence-corrected chi connectivity index (χ4v) is 2.17. The number of carbonyl (C=O) groups is 2. The van der Waals surface area contributed by atoms with Gasteiger partial charge in [-0.15, -0.1) is 0 Å². The molecule has 1 atom stereocenters. The molecule has 0 fully saturated rings. The molecule has 0 aliphatic rings. The number of carbonyl (C=O) groups excluding carboxylic acids is 1. The largest absolute Gasteiger partial charge is 0.480 e. The van der Waals surface area contributed by atoms with Crippen molar-refractivity contribution >= 4 is 12.1 Å². The first-order chi connectivity index (χ1) is 13.1. The standard InChI is InChI=1S/C20H23NO6/c22-19(23)18(21-20(24)27-14-17-9-5-2-6-10-17)15-26-12-11-25-13-16-7-3-1-4-8-16/h1-10,18H,11-15H2,(H,21,24)(H,22,23)/t18-/m0/s1. The molecule has 7 heteroatoms. The van der Waals surface area contributed by atoms with Gasteiger partial charge >= 0.3 is 12.1 Å². The van der Waals surface area contributed by atoms with E-state index in [9.17, 15) is 14.7 Å². The summed E-state index contributed by atoms with van der Waals surface area (Å²) in [6, 6.07) is 17.6. The predicted octanol–water partition coefficient (Wildman–Crippen LogP) is 2.60. The Bertz CT molecular complexity index is 692. The quantitative estimate of drug-likeness (QED) is 0.588. The molecule has 0 aliphatic heterocycles. The Balaban J connectivity index is 1.61. The minimum absolute atomic E-state index is 0.0627. The van der Waals surface area contributed by atoms with E-state index < -0.39 is 18.1 Å². The molecule has 1 amide bonds. The summed E-state index contributed by atoms with van der Waals surface area (Å²) in [5.41, 5.74) is 1.86. The smallest absolute Gasteiger partial charge is 0.408 e. The van der Waals surface area contributed by atoms with Gasteiger partial charge < -0.3 is 24.6 Å². The van der Waals surface area contributed by atoms with E-state index in [1.807, 2.05) is 48.5 Å². The van der Waals surface area contributed by atoms with Crippen LogP contribution in [0, 0.1) is 0 Å². The fourth-order valence-electron chi connectivity index (χ4n) is 2.17. The van der Waals surface area contributed by atoms with Gasteiger partial charge in [0.2, 0.25) is 0 Å². The number of ether oxygens (including phenoxy) is 3. The van der Waals surface area contributed by atoms with Crippen LogP contribution in [0.3, 0.4) is 0 Å². The van der Waals surface area contributed by atoms with Gasteiger partial charge in [0.25, 0.3) is 0 Å². The summed E-state index contributed by atoms with van der Waals surface area (Å²) in [7, 11) is 0. The number of carboxylic acid groups (broad SMARTS) is 1. The second-order valence-corrected chi connectivity index (χ2v) is 5.71. The molecule has 0 spiro atoms. The number of alkyl carbamates (subject to hydrolysis) is 1. The highest BCUT2D eigenvalue weighted by atomic mass is 16.6. The minimum atomic E-state index is -1.20. The molecule has 0 saturated heterocycles. The molecule has 0 unspecified atom stereocenters. The number of nitrogens with one attached hydrogen (secondary N) is 1. The second-order valence-electron chi connectivity index (χ2n) is 5.71. The number of rotatable bonds is 11. The van der Waals surface area contributed by atoms with Crippen LogP contribution in [-0.4, -0.2) is 43.0 Å². The van der Waals surface area contributed by atoms with Crippen molar-refractivity contribution in [1.82, 2.24) is 5.32 Å². The maximum absolute atomic E-state index is 11.7. The summed E-state index contributed by atoms with van der Waals surface area (Å²) in [6.45, 7) is 0.880. The van der Waals surface area contributed by atoms with E-state index in [1.165, 1.54) is 0 Å². The Hall–Kier alpha value is -2.90. The number of benzene rings is 2. The molecule has 0 heterocycles. The van der Waals surface area contributed by atoms with Crippen molar-refractivity contribution in [2.75, 3.05) is 19.8 Å². The maximum atomic E-state index is 11.7. The van der Waals surface area contributed by atoms with Gasteiger partial charge in [0.15, 0.2) is 6.04 Å². The van der Waals surface area contributed by atoms with Crippen LogP contribution in [0.4, 0.5) is 4.79 Å². The molecule has 2 rings (SSSR count). The first-order valence-corrected chi connectivity index (χ1v) is 8.54. The first kappa shape index (κ1) is 20.4.